The lowest BCUT2D eigenvalue weighted by molar-refractivity contribution is -0.113. The van der Waals surface area contributed by atoms with Gasteiger partial charge in [0.15, 0.2) is 23.3 Å². The van der Waals surface area contributed by atoms with Crippen molar-refractivity contribution in [3.63, 3.8) is 0 Å². The molecule has 0 unspecified atom stereocenters. The third kappa shape index (κ3) is 7.00. The number of benzene rings is 1. The second-order valence-corrected chi connectivity index (χ2v) is 9.92. The van der Waals surface area contributed by atoms with E-state index >= 15 is 0 Å². The highest BCUT2D eigenvalue weighted by atomic mass is 35.5. The largest absolute Gasteiger partial charge is 0.477 e. The molecule has 1 aliphatic heterocycles. The lowest BCUT2D eigenvalue weighted by Crippen LogP contribution is -2.51. The summed E-state index contributed by atoms with van der Waals surface area (Å²) in [4.78, 5) is 29.1. The number of carboxylic acids is 1. The molecule has 1 aromatic carbocycles. The first-order chi connectivity index (χ1) is 20.1. The van der Waals surface area contributed by atoms with E-state index < -0.39 is 88.6 Å². The van der Waals surface area contributed by atoms with Crippen molar-refractivity contribution >= 4 is 40.0 Å². The van der Waals surface area contributed by atoms with E-state index in [4.69, 9.17) is 37.8 Å². The zero-order valence-corrected chi connectivity index (χ0v) is 23.1. The number of anilines is 2. The van der Waals surface area contributed by atoms with Gasteiger partial charge >= 0.3 is 5.97 Å². The van der Waals surface area contributed by atoms with Crippen LogP contribution in [0, 0.1) is 17.5 Å². The minimum Gasteiger partial charge on any atom is -0.477 e. The van der Waals surface area contributed by atoms with Crippen LogP contribution in [0.3, 0.4) is 0 Å². The number of fused-ring (bicyclic) bond motifs is 1. The quantitative estimate of drug-likeness (QED) is 0.131. The number of carbonyl (C=O) groups is 1. The van der Waals surface area contributed by atoms with Gasteiger partial charge in [0.2, 0.25) is 5.43 Å². The van der Waals surface area contributed by atoms with Gasteiger partial charge in [0.25, 0.3) is 0 Å². The highest BCUT2D eigenvalue weighted by Crippen LogP contribution is 2.38. The summed E-state index contributed by atoms with van der Waals surface area (Å²) in [5, 5.41) is 65.5. The molecule has 2 aromatic heterocycles. The van der Waals surface area contributed by atoms with Crippen LogP contribution in [0.5, 0.6) is 0 Å². The summed E-state index contributed by atoms with van der Waals surface area (Å²) < 4.78 is 43.6. The Morgan fingerprint density at radius 1 is 1.12 bits per heavy atom. The van der Waals surface area contributed by atoms with Crippen molar-refractivity contribution in [3.05, 3.63) is 56.6 Å². The van der Waals surface area contributed by atoms with Gasteiger partial charge in [-0.25, -0.2) is 22.9 Å². The summed E-state index contributed by atoms with van der Waals surface area (Å²) in [5.41, 5.74) is 3.13. The van der Waals surface area contributed by atoms with E-state index in [-0.39, 0.29) is 35.9 Å². The first-order valence-electron chi connectivity index (χ1n) is 12.5. The molecule has 43 heavy (non-hydrogen) atoms. The van der Waals surface area contributed by atoms with Gasteiger partial charge < -0.3 is 51.7 Å². The van der Waals surface area contributed by atoms with Crippen LogP contribution in [-0.4, -0.2) is 115 Å². The van der Waals surface area contributed by atoms with E-state index in [9.17, 15) is 38.1 Å². The molecule has 1 aliphatic rings. The molecule has 236 valence electrons. The number of hydrogen-bond donors (Lipinski definition) is 9. The van der Waals surface area contributed by atoms with Gasteiger partial charge in [0, 0.05) is 31.9 Å². The minimum atomic E-state index is -1.65. The number of nitrogens with one attached hydrogen (secondary N) is 1. The van der Waals surface area contributed by atoms with Gasteiger partial charge in [-0.3, -0.25) is 9.36 Å². The monoisotopic (exact) mass is 635 g/mol. The molecule has 0 aliphatic carbocycles. The molecule has 4 rings (SSSR count). The highest BCUT2D eigenvalue weighted by molar-refractivity contribution is 6.38. The van der Waals surface area contributed by atoms with Crippen LogP contribution in [0.25, 0.3) is 16.7 Å². The van der Waals surface area contributed by atoms with Crippen LogP contribution in [0.4, 0.5) is 24.7 Å². The number of nitrogen functional groups attached to an aromatic ring is 1. The number of carboxylic acid groups (broad SMARTS) is 1. The summed E-state index contributed by atoms with van der Waals surface area (Å²) in [5.74, 6) is -6.27. The van der Waals surface area contributed by atoms with Gasteiger partial charge in [-0.2, -0.15) is 0 Å². The Balaban J connectivity index is 0.000000331. The Morgan fingerprint density at radius 2 is 1.72 bits per heavy atom. The molecule has 0 spiro atoms. The van der Waals surface area contributed by atoms with Gasteiger partial charge in [-0.15, -0.1) is 0 Å². The zero-order chi connectivity index (χ0) is 32.3. The average molecular weight is 636 g/mol. The number of pyridine rings is 2. The summed E-state index contributed by atoms with van der Waals surface area (Å²) in [6, 6.07) is 1.21. The number of likely N-dealkylation sites (N-methyl/N-ethyl adjacent to an activating group) is 1. The fourth-order valence-corrected chi connectivity index (χ4v) is 4.59. The highest BCUT2D eigenvalue weighted by Gasteiger charge is 2.32. The van der Waals surface area contributed by atoms with E-state index in [1.54, 1.807) is 7.05 Å². The van der Waals surface area contributed by atoms with E-state index in [0.717, 1.165) is 16.8 Å². The summed E-state index contributed by atoms with van der Waals surface area (Å²) in [6.07, 6.45) is -5.59. The van der Waals surface area contributed by atoms with Crippen LogP contribution in [0.2, 0.25) is 5.02 Å². The number of β-amino-alcohol motifs (C(OH)–C–C–N with tert-alkyl or cyclic N) is 1. The van der Waals surface area contributed by atoms with Gasteiger partial charge in [-0.05, 0) is 13.1 Å². The molecule has 1 fully saturated rings. The zero-order valence-electron chi connectivity index (χ0n) is 22.3. The van der Waals surface area contributed by atoms with E-state index in [0.29, 0.717) is 6.07 Å². The van der Waals surface area contributed by atoms with Crippen molar-refractivity contribution in [2.24, 2.45) is 0 Å². The van der Waals surface area contributed by atoms with Gasteiger partial charge in [-0.1, -0.05) is 11.6 Å². The maximum Gasteiger partial charge on any atom is 0.341 e. The molecule has 18 heteroatoms. The van der Waals surface area contributed by atoms with Crippen molar-refractivity contribution < 1.29 is 53.7 Å². The van der Waals surface area contributed by atoms with E-state index in [1.165, 1.54) is 4.90 Å². The lowest BCUT2D eigenvalue weighted by Gasteiger charge is -2.38. The second kappa shape index (κ2) is 13.8. The Labute approximate surface area is 245 Å². The Hall–Kier alpha value is -3.55. The topological polar surface area (TPSA) is 235 Å². The summed E-state index contributed by atoms with van der Waals surface area (Å²) >= 11 is 6.36. The molecule has 10 N–H and O–H groups in total. The van der Waals surface area contributed by atoms with Crippen LogP contribution >= 0.6 is 11.6 Å². The van der Waals surface area contributed by atoms with Crippen LogP contribution in [0.15, 0.2) is 23.1 Å². The normalized spacial score (nSPS) is 16.2. The molecule has 4 atom stereocenters. The SMILES string of the molecule is CNC[C@H](O)[C@@H](O)[C@H](O)[C@H](O)CO.Nc1nc(-n2cc(C(=O)O)c(=O)c3cc(F)c(N4CC(O)C4)c(Cl)c32)c(F)cc1F. The van der Waals surface area contributed by atoms with Crippen LogP contribution < -0.4 is 21.4 Å². The molecular weight excluding hydrogens is 607 g/mol. The predicted molar refractivity (Wildman–Crippen MR) is 147 cm³/mol. The molecule has 0 radical (unpaired) electrons. The number of halogens is 4. The molecule has 0 amide bonds. The fourth-order valence-electron chi connectivity index (χ4n) is 4.18. The molecule has 14 nitrogen and oxygen atoms in total. The predicted octanol–water partition coefficient (Wildman–Crippen LogP) is -1.44. The number of rotatable bonds is 9. The number of nitrogens with zero attached hydrogens (tertiary/aromatic N) is 3. The molecular formula is C25H29ClF3N5O9. The first kappa shape index (κ1) is 33.9. The maximum absolute atomic E-state index is 14.8. The third-order valence-electron chi connectivity index (χ3n) is 6.47. The molecule has 3 heterocycles. The summed E-state index contributed by atoms with van der Waals surface area (Å²) in [6.45, 7) is -0.438. The van der Waals surface area contributed by atoms with Crippen molar-refractivity contribution in [1.82, 2.24) is 14.9 Å². The number of nitrogens with two attached hydrogens (primary N) is 1. The number of aliphatic hydroxyl groups excluding tert-OH is 6. The molecule has 3 aromatic rings. The molecule has 0 bridgehead atoms. The second-order valence-electron chi connectivity index (χ2n) is 9.54. The number of hydrogen-bond acceptors (Lipinski definition) is 12. The fraction of sp³-hybridized carbons (Fsp3) is 0.400. The number of aromatic nitrogens is 2. The van der Waals surface area contributed by atoms with Crippen molar-refractivity contribution in [3.8, 4) is 5.82 Å². The lowest BCUT2D eigenvalue weighted by atomic mass is 10.0. The Kier molecular flexibility index (Phi) is 10.9. The molecule has 0 saturated carbocycles. The van der Waals surface area contributed by atoms with Crippen molar-refractivity contribution in [2.75, 3.05) is 43.9 Å². The Morgan fingerprint density at radius 3 is 2.26 bits per heavy atom. The Bertz CT molecular complexity index is 1560. The maximum atomic E-state index is 14.8. The van der Waals surface area contributed by atoms with Crippen LogP contribution in [-0.2, 0) is 0 Å². The summed E-state index contributed by atoms with van der Waals surface area (Å²) in [7, 11) is 1.57. The number of aliphatic hydroxyl groups is 6. The van der Waals surface area contributed by atoms with Crippen molar-refractivity contribution in [2.45, 2.75) is 30.5 Å². The van der Waals surface area contributed by atoms with Crippen LogP contribution in [0.1, 0.15) is 10.4 Å². The van der Waals surface area contributed by atoms with Gasteiger partial charge in [0.05, 0.1) is 40.4 Å². The smallest absolute Gasteiger partial charge is 0.341 e. The molecule has 1 saturated heterocycles. The number of aromatic carboxylic acids is 1. The van der Waals surface area contributed by atoms with Gasteiger partial charge in [0.1, 0.15) is 29.7 Å². The van der Waals surface area contributed by atoms with E-state index in [2.05, 4.69) is 10.3 Å². The third-order valence-corrected chi connectivity index (χ3v) is 6.83. The van der Waals surface area contributed by atoms with E-state index in [1.807, 2.05) is 0 Å². The average Bonchev–Trinajstić information content (AvgIpc) is 2.93. The minimum absolute atomic E-state index is 0.0652. The van der Waals surface area contributed by atoms with Crippen molar-refractivity contribution in [1.29, 1.82) is 0 Å². The first-order valence-corrected chi connectivity index (χ1v) is 12.9. The standard InChI is InChI=1S/C18H12ClF3N4O4.C7H17NO5/c19-12-13-7(1-9(20)14(12)25-3-6(27)4-25)15(28)8(18(29)30)5-26(13)17-11(22)2-10(21)16(23)24-17;1-8-2-4(10)6(12)7(13)5(11)3-9/h1-2,5-6,27H,3-4H2,(H2,23,24)(H,29,30);4-13H,2-3H2,1H3/t;4-,5+,6+,7+/m.0/s1.